The van der Waals surface area contributed by atoms with E-state index >= 15 is 0 Å². The third-order valence-electron chi connectivity index (χ3n) is 4.05. The van der Waals surface area contributed by atoms with Gasteiger partial charge in [0.25, 0.3) is 0 Å². The Morgan fingerprint density at radius 1 is 1.05 bits per heavy atom. The highest BCUT2D eigenvalue weighted by molar-refractivity contribution is 5.27. The second-order valence-corrected chi connectivity index (χ2v) is 6.06. The summed E-state index contributed by atoms with van der Waals surface area (Å²) in [6.07, 6.45) is 6.66. The van der Waals surface area contributed by atoms with Crippen LogP contribution in [-0.4, -0.2) is 19.8 Å². The fourth-order valence-corrected chi connectivity index (χ4v) is 2.39. The van der Waals surface area contributed by atoms with Crippen LogP contribution < -0.4 is 5.32 Å². The Morgan fingerprint density at radius 2 is 1.84 bits per heavy atom. The fourth-order valence-electron chi connectivity index (χ4n) is 2.39. The summed E-state index contributed by atoms with van der Waals surface area (Å²) in [4.78, 5) is 0. The SMILES string of the molecule is c1cc(C2CC2)ccc1CNCCCOCC1CC1. The van der Waals surface area contributed by atoms with Crippen molar-refractivity contribution in [3.8, 4) is 0 Å². The zero-order valence-electron chi connectivity index (χ0n) is 11.7. The highest BCUT2D eigenvalue weighted by Crippen LogP contribution is 2.39. The van der Waals surface area contributed by atoms with E-state index in [9.17, 15) is 0 Å². The first kappa shape index (κ1) is 13.1. The van der Waals surface area contributed by atoms with Crippen LogP contribution in [0.25, 0.3) is 0 Å². The Balaban J connectivity index is 1.24. The molecular formula is C17H25NO. The van der Waals surface area contributed by atoms with Crippen LogP contribution in [0.3, 0.4) is 0 Å². The minimum atomic E-state index is 0.866. The summed E-state index contributed by atoms with van der Waals surface area (Å²) in [5.41, 5.74) is 2.92. The quantitative estimate of drug-likeness (QED) is 0.686. The van der Waals surface area contributed by atoms with Gasteiger partial charge >= 0.3 is 0 Å². The lowest BCUT2D eigenvalue weighted by atomic mass is 10.1. The molecule has 0 spiro atoms. The molecule has 0 radical (unpaired) electrons. The first-order valence-corrected chi connectivity index (χ1v) is 7.79. The lowest BCUT2D eigenvalue weighted by Gasteiger charge is -2.06. The number of nitrogens with one attached hydrogen (secondary N) is 1. The molecule has 2 aliphatic rings. The Kier molecular flexibility index (Phi) is 4.52. The summed E-state index contributed by atoms with van der Waals surface area (Å²) < 4.78 is 5.62. The van der Waals surface area contributed by atoms with E-state index in [1.165, 1.54) is 36.8 Å². The topological polar surface area (TPSA) is 21.3 Å². The molecule has 1 aromatic carbocycles. The van der Waals surface area contributed by atoms with Gasteiger partial charge in [-0.2, -0.15) is 0 Å². The van der Waals surface area contributed by atoms with Crippen LogP contribution in [0.15, 0.2) is 24.3 Å². The molecule has 0 amide bonds. The van der Waals surface area contributed by atoms with Gasteiger partial charge in [0.1, 0.15) is 0 Å². The molecule has 0 bridgehead atoms. The van der Waals surface area contributed by atoms with Gasteiger partial charge < -0.3 is 10.1 Å². The second-order valence-electron chi connectivity index (χ2n) is 6.06. The Morgan fingerprint density at radius 3 is 2.53 bits per heavy atom. The maximum absolute atomic E-state index is 5.62. The molecule has 2 fully saturated rings. The maximum atomic E-state index is 5.62. The maximum Gasteiger partial charge on any atom is 0.0494 e. The van der Waals surface area contributed by atoms with Gasteiger partial charge in [0.2, 0.25) is 0 Å². The Hall–Kier alpha value is -0.860. The van der Waals surface area contributed by atoms with Crippen molar-refractivity contribution in [1.82, 2.24) is 5.32 Å². The van der Waals surface area contributed by atoms with Gasteiger partial charge in [0, 0.05) is 19.8 Å². The van der Waals surface area contributed by atoms with Gasteiger partial charge in [0.05, 0.1) is 0 Å². The fraction of sp³-hybridized carbons (Fsp3) is 0.647. The van der Waals surface area contributed by atoms with Crippen LogP contribution in [0.4, 0.5) is 0 Å². The van der Waals surface area contributed by atoms with E-state index in [-0.39, 0.29) is 0 Å². The third-order valence-corrected chi connectivity index (χ3v) is 4.05. The van der Waals surface area contributed by atoms with Crippen LogP contribution in [0.2, 0.25) is 0 Å². The van der Waals surface area contributed by atoms with Crippen molar-refractivity contribution in [2.24, 2.45) is 5.92 Å². The molecule has 0 aromatic heterocycles. The Bertz CT molecular complexity index is 379. The molecule has 2 nitrogen and oxygen atoms in total. The van der Waals surface area contributed by atoms with Gasteiger partial charge in [-0.3, -0.25) is 0 Å². The van der Waals surface area contributed by atoms with Crippen LogP contribution in [0, 0.1) is 5.92 Å². The van der Waals surface area contributed by atoms with Crippen molar-refractivity contribution >= 4 is 0 Å². The highest BCUT2D eigenvalue weighted by atomic mass is 16.5. The molecule has 2 aliphatic carbocycles. The van der Waals surface area contributed by atoms with E-state index in [1.54, 1.807) is 0 Å². The third kappa shape index (κ3) is 4.63. The van der Waals surface area contributed by atoms with E-state index in [2.05, 4.69) is 29.6 Å². The van der Waals surface area contributed by atoms with Gasteiger partial charge in [0.15, 0.2) is 0 Å². The molecule has 2 saturated carbocycles. The molecule has 104 valence electrons. The van der Waals surface area contributed by atoms with Crippen molar-refractivity contribution < 1.29 is 4.74 Å². The summed E-state index contributed by atoms with van der Waals surface area (Å²) in [6, 6.07) is 9.13. The van der Waals surface area contributed by atoms with Crippen LogP contribution in [0.5, 0.6) is 0 Å². The van der Waals surface area contributed by atoms with Crippen LogP contribution in [0.1, 0.15) is 49.1 Å². The predicted molar refractivity (Wildman–Crippen MR) is 78.3 cm³/mol. The summed E-state index contributed by atoms with van der Waals surface area (Å²) in [7, 11) is 0. The highest BCUT2D eigenvalue weighted by Gasteiger charge is 2.22. The number of hydrogen-bond donors (Lipinski definition) is 1. The monoisotopic (exact) mass is 259 g/mol. The standard InChI is InChI=1S/C17H25NO/c1(11-19-13-15-2-3-15)10-18-12-14-4-6-16(7-5-14)17-8-9-17/h4-7,15,17-18H,1-3,8-13H2. The van der Waals surface area contributed by atoms with E-state index in [1.807, 2.05) is 0 Å². The van der Waals surface area contributed by atoms with Gasteiger partial charge in [-0.15, -0.1) is 0 Å². The first-order chi connectivity index (χ1) is 9.42. The molecule has 2 heteroatoms. The molecule has 1 aromatic rings. The zero-order valence-corrected chi connectivity index (χ0v) is 11.7. The number of ether oxygens (including phenoxy) is 1. The Labute approximate surface area is 116 Å². The van der Waals surface area contributed by atoms with Crippen LogP contribution >= 0.6 is 0 Å². The molecule has 1 N–H and O–H groups in total. The van der Waals surface area contributed by atoms with Crippen molar-refractivity contribution in [2.45, 2.75) is 44.6 Å². The lowest BCUT2D eigenvalue weighted by Crippen LogP contribution is -2.16. The molecule has 0 unspecified atom stereocenters. The molecule has 0 saturated heterocycles. The lowest BCUT2D eigenvalue weighted by molar-refractivity contribution is 0.122. The second kappa shape index (κ2) is 6.53. The van der Waals surface area contributed by atoms with Crippen molar-refractivity contribution in [1.29, 1.82) is 0 Å². The van der Waals surface area contributed by atoms with Gasteiger partial charge in [-0.05, 0) is 61.6 Å². The average Bonchev–Trinajstić information content (AvgIpc) is 3.30. The van der Waals surface area contributed by atoms with E-state index < -0.39 is 0 Å². The molecular weight excluding hydrogens is 234 g/mol. The van der Waals surface area contributed by atoms with E-state index in [0.717, 1.165) is 44.6 Å². The molecule has 0 heterocycles. The summed E-state index contributed by atoms with van der Waals surface area (Å²) in [6.45, 7) is 3.93. The number of benzene rings is 1. The van der Waals surface area contributed by atoms with Crippen molar-refractivity contribution in [2.75, 3.05) is 19.8 Å². The van der Waals surface area contributed by atoms with Crippen molar-refractivity contribution in [3.05, 3.63) is 35.4 Å². The number of rotatable bonds is 9. The summed E-state index contributed by atoms with van der Waals surface area (Å²) in [5.74, 6) is 1.75. The predicted octanol–water partition coefficient (Wildman–Crippen LogP) is 3.47. The number of hydrogen-bond acceptors (Lipinski definition) is 2. The molecule has 0 aliphatic heterocycles. The molecule has 0 atom stereocenters. The minimum Gasteiger partial charge on any atom is -0.381 e. The minimum absolute atomic E-state index is 0.866. The van der Waals surface area contributed by atoms with Gasteiger partial charge in [-0.1, -0.05) is 24.3 Å². The molecule has 19 heavy (non-hydrogen) atoms. The zero-order chi connectivity index (χ0) is 12.9. The van der Waals surface area contributed by atoms with Crippen LogP contribution in [-0.2, 0) is 11.3 Å². The average molecular weight is 259 g/mol. The van der Waals surface area contributed by atoms with E-state index in [4.69, 9.17) is 4.74 Å². The van der Waals surface area contributed by atoms with Crippen molar-refractivity contribution in [3.63, 3.8) is 0 Å². The largest absolute Gasteiger partial charge is 0.381 e. The normalized spacial score (nSPS) is 18.7. The van der Waals surface area contributed by atoms with Gasteiger partial charge in [-0.25, -0.2) is 0 Å². The molecule has 3 rings (SSSR count). The first-order valence-electron chi connectivity index (χ1n) is 7.79. The summed E-state index contributed by atoms with van der Waals surface area (Å²) >= 11 is 0. The smallest absolute Gasteiger partial charge is 0.0494 e. The summed E-state index contributed by atoms with van der Waals surface area (Å²) in [5, 5.41) is 3.49. The van der Waals surface area contributed by atoms with E-state index in [0.29, 0.717) is 0 Å².